The van der Waals surface area contributed by atoms with Crippen molar-refractivity contribution in [1.29, 1.82) is 0 Å². The van der Waals surface area contributed by atoms with E-state index in [1.54, 1.807) is 31.4 Å². The highest BCUT2D eigenvalue weighted by Gasteiger charge is 1.80. The van der Waals surface area contributed by atoms with Crippen LogP contribution in [0.4, 0.5) is 0 Å². The Hall–Kier alpha value is -1.96. The minimum atomic E-state index is 0.291. The lowest BCUT2D eigenvalue weighted by atomic mass is 10.3. The molecule has 0 spiro atoms. The quantitative estimate of drug-likeness (QED) is 0.766. The first kappa shape index (κ1) is 11.1. The number of rotatable bonds is 1. The monoisotopic (exact) mass is 200 g/mol. The Balaban J connectivity index is 0.000000151. The Morgan fingerprint density at radius 2 is 1.40 bits per heavy atom. The molecule has 0 atom stereocenters. The molecule has 0 aliphatic rings. The molecule has 0 aromatic heterocycles. The molecule has 0 fully saturated rings. The average Bonchev–Trinajstić information content (AvgIpc) is 2.32. The lowest BCUT2D eigenvalue weighted by Gasteiger charge is -1.93. The van der Waals surface area contributed by atoms with E-state index in [1.165, 1.54) is 0 Å². The van der Waals surface area contributed by atoms with Crippen molar-refractivity contribution < 1.29 is 9.84 Å². The predicted molar refractivity (Wildman–Crippen MR) is 58.8 cm³/mol. The largest absolute Gasteiger partial charge is 0.508 e. The van der Waals surface area contributed by atoms with E-state index >= 15 is 0 Å². The van der Waals surface area contributed by atoms with E-state index in [0.717, 1.165) is 5.75 Å². The zero-order valence-electron chi connectivity index (χ0n) is 8.47. The number of ether oxygens (including phenoxy) is 1. The van der Waals surface area contributed by atoms with E-state index in [2.05, 4.69) is 12.1 Å². The smallest absolute Gasteiger partial charge is 0.118 e. The van der Waals surface area contributed by atoms with Crippen LogP contribution in [0.2, 0.25) is 0 Å². The summed E-state index contributed by atoms with van der Waals surface area (Å²) in [5.41, 5.74) is 0. The van der Waals surface area contributed by atoms with Gasteiger partial charge < -0.3 is 9.84 Å². The van der Waals surface area contributed by atoms with Crippen molar-refractivity contribution in [3.63, 3.8) is 0 Å². The molecule has 2 rings (SSSR count). The van der Waals surface area contributed by atoms with Gasteiger partial charge in [-0.15, -0.1) is 0 Å². The molecule has 2 heteroatoms. The van der Waals surface area contributed by atoms with Crippen molar-refractivity contribution in [1.82, 2.24) is 0 Å². The number of hydrogen-bond donors (Lipinski definition) is 1. The van der Waals surface area contributed by atoms with Crippen molar-refractivity contribution in [2.45, 2.75) is 0 Å². The normalized spacial score (nSPS) is 8.60. The fraction of sp³-hybridized carbons (Fsp3) is 0.0769. The van der Waals surface area contributed by atoms with Crippen LogP contribution in [-0.2, 0) is 0 Å². The van der Waals surface area contributed by atoms with Gasteiger partial charge in [-0.3, -0.25) is 0 Å². The summed E-state index contributed by atoms with van der Waals surface area (Å²) in [4.78, 5) is 0. The second-order valence-corrected chi connectivity index (χ2v) is 2.70. The summed E-state index contributed by atoms with van der Waals surface area (Å²) in [6, 6.07) is 19.5. The second-order valence-electron chi connectivity index (χ2n) is 2.70. The Morgan fingerprint density at radius 1 is 0.933 bits per heavy atom. The molecular formula is C13H12O2. The first-order valence-electron chi connectivity index (χ1n) is 4.48. The molecular weight excluding hydrogens is 188 g/mol. The molecule has 0 saturated heterocycles. The molecule has 0 aliphatic carbocycles. The summed E-state index contributed by atoms with van der Waals surface area (Å²) in [7, 11) is 1.65. The van der Waals surface area contributed by atoms with Crippen molar-refractivity contribution in [3.8, 4) is 11.5 Å². The van der Waals surface area contributed by atoms with E-state index in [4.69, 9.17) is 9.84 Å². The maximum Gasteiger partial charge on any atom is 0.118 e. The molecule has 0 saturated carbocycles. The van der Waals surface area contributed by atoms with E-state index in [1.807, 2.05) is 24.3 Å². The summed E-state index contributed by atoms with van der Waals surface area (Å²) in [6.45, 7) is 0. The molecule has 2 aromatic rings. The number of benzene rings is 2. The van der Waals surface area contributed by atoms with Gasteiger partial charge in [0.25, 0.3) is 0 Å². The third-order valence-electron chi connectivity index (χ3n) is 1.62. The van der Waals surface area contributed by atoms with Crippen molar-refractivity contribution in [2.75, 3.05) is 7.11 Å². The highest BCUT2D eigenvalue weighted by atomic mass is 16.5. The number of aromatic hydroxyl groups is 1. The van der Waals surface area contributed by atoms with Crippen LogP contribution in [0.3, 0.4) is 0 Å². The molecule has 2 nitrogen and oxygen atoms in total. The minimum Gasteiger partial charge on any atom is -0.508 e. The van der Waals surface area contributed by atoms with Gasteiger partial charge in [-0.05, 0) is 36.4 Å². The molecule has 2 radical (unpaired) electrons. The molecule has 0 bridgehead atoms. The third kappa shape index (κ3) is 4.72. The summed E-state index contributed by atoms with van der Waals surface area (Å²) in [5, 5.41) is 8.61. The Morgan fingerprint density at radius 3 is 1.67 bits per heavy atom. The van der Waals surface area contributed by atoms with Gasteiger partial charge in [0, 0.05) is 0 Å². The standard InChI is InChI=1S/C7H7O.C6H5O/c1-8-7-5-3-2-4-6-7;7-6-4-2-1-3-5-6/h3-6H,1H3;2-5,7H. The molecule has 1 N–H and O–H groups in total. The van der Waals surface area contributed by atoms with Gasteiger partial charge in [-0.1, -0.05) is 24.3 Å². The van der Waals surface area contributed by atoms with Gasteiger partial charge in [-0.25, -0.2) is 0 Å². The van der Waals surface area contributed by atoms with Crippen LogP contribution in [0, 0.1) is 12.1 Å². The summed E-state index contributed by atoms with van der Waals surface area (Å²) >= 11 is 0. The van der Waals surface area contributed by atoms with Crippen LogP contribution in [0.15, 0.2) is 48.5 Å². The molecule has 0 aliphatic heterocycles. The Labute approximate surface area is 89.8 Å². The fourth-order valence-electron chi connectivity index (χ4n) is 0.886. The van der Waals surface area contributed by atoms with Gasteiger partial charge in [-0.2, -0.15) is 0 Å². The average molecular weight is 200 g/mol. The van der Waals surface area contributed by atoms with Crippen LogP contribution in [0.25, 0.3) is 0 Å². The van der Waals surface area contributed by atoms with E-state index in [0.29, 0.717) is 5.75 Å². The zero-order chi connectivity index (χ0) is 10.9. The SMILES string of the molecule is COc1cc[c]cc1.Oc1cc[c]cc1. The summed E-state index contributed by atoms with van der Waals surface area (Å²) in [5.74, 6) is 1.17. The topological polar surface area (TPSA) is 29.5 Å². The van der Waals surface area contributed by atoms with Crippen LogP contribution >= 0.6 is 0 Å². The molecule has 15 heavy (non-hydrogen) atoms. The third-order valence-corrected chi connectivity index (χ3v) is 1.62. The lowest BCUT2D eigenvalue weighted by Crippen LogP contribution is -1.78. The highest BCUT2D eigenvalue weighted by molar-refractivity contribution is 5.19. The van der Waals surface area contributed by atoms with Gasteiger partial charge in [0.1, 0.15) is 11.5 Å². The molecule has 76 valence electrons. The van der Waals surface area contributed by atoms with Crippen molar-refractivity contribution in [3.05, 3.63) is 60.7 Å². The maximum atomic E-state index is 8.61. The first-order chi connectivity index (χ1) is 7.33. The fourth-order valence-corrected chi connectivity index (χ4v) is 0.886. The van der Waals surface area contributed by atoms with Crippen molar-refractivity contribution >= 4 is 0 Å². The van der Waals surface area contributed by atoms with Gasteiger partial charge in [0.2, 0.25) is 0 Å². The van der Waals surface area contributed by atoms with E-state index < -0.39 is 0 Å². The molecule has 0 unspecified atom stereocenters. The molecule has 2 aromatic carbocycles. The Bertz CT molecular complexity index is 357. The second kappa shape index (κ2) is 6.49. The lowest BCUT2D eigenvalue weighted by molar-refractivity contribution is 0.415. The number of phenolic OH excluding ortho intramolecular Hbond substituents is 1. The molecule has 0 amide bonds. The van der Waals surface area contributed by atoms with Gasteiger partial charge in [0.05, 0.1) is 7.11 Å². The van der Waals surface area contributed by atoms with E-state index in [-0.39, 0.29) is 0 Å². The highest BCUT2D eigenvalue weighted by Crippen LogP contribution is 2.05. The Kier molecular flexibility index (Phi) is 4.81. The maximum absolute atomic E-state index is 8.61. The number of hydrogen-bond acceptors (Lipinski definition) is 2. The van der Waals surface area contributed by atoms with Crippen LogP contribution < -0.4 is 4.74 Å². The summed E-state index contributed by atoms with van der Waals surface area (Å²) < 4.78 is 4.89. The van der Waals surface area contributed by atoms with Crippen LogP contribution in [0.1, 0.15) is 0 Å². The minimum absolute atomic E-state index is 0.291. The van der Waals surface area contributed by atoms with Gasteiger partial charge in [0.15, 0.2) is 0 Å². The van der Waals surface area contributed by atoms with Crippen LogP contribution in [-0.4, -0.2) is 12.2 Å². The molecule has 0 heterocycles. The van der Waals surface area contributed by atoms with Gasteiger partial charge >= 0.3 is 0 Å². The van der Waals surface area contributed by atoms with Crippen LogP contribution in [0.5, 0.6) is 11.5 Å². The predicted octanol–water partition coefficient (Wildman–Crippen LogP) is 2.69. The first-order valence-corrected chi connectivity index (χ1v) is 4.48. The number of methoxy groups -OCH3 is 1. The number of phenols is 1. The van der Waals surface area contributed by atoms with E-state index in [9.17, 15) is 0 Å². The zero-order valence-corrected chi connectivity index (χ0v) is 8.47. The summed E-state index contributed by atoms with van der Waals surface area (Å²) in [6.07, 6.45) is 0. The van der Waals surface area contributed by atoms with Crippen molar-refractivity contribution in [2.24, 2.45) is 0 Å².